The van der Waals surface area contributed by atoms with Crippen LogP contribution >= 0.6 is 0 Å². The van der Waals surface area contributed by atoms with E-state index < -0.39 is 102 Å². The maximum atomic E-state index is 14.0. The number of amides is 9. The molecule has 1 aromatic carbocycles. The molecular weight excluding hydrogens is 781 g/mol. The second-order valence-electron chi connectivity index (χ2n) is 15.0. The molecule has 0 spiro atoms. The summed E-state index contributed by atoms with van der Waals surface area (Å²) in [6.45, 7) is 8.94. The smallest absolute Gasteiger partial charge is 0.243 e. The number of hydrogen-bond acceptors (Lipinski definition) is 10. The average Bonchev–Trinajstić information content (AvgIpc) is 3.18. The Labute approximate surface area is 349 Å². The molecule has 1 aromatic rings. The van der Waals surface area contributed by atoms with Crippen LogP contribution in [0.3, 0.4) is 0 Å². The van der Waals surface area contributed by atoms with Crippen molar-refractivity contribution in [1.29, 1.82) is 0 Å². The molecule has 1 saturated heterocycles. The van der Waals surface area contributed by atoms with Crippen LogP contribution in [0, 0.1) is 5.92 Å². The number of nitrogens with two attached hydrogens (primary N) is 2. The second kappa shape index (κ2) is 25.3. The van der Waals surface area contributed by atoms with Gasteiger partial charge in [-0.3, -0.25) is 48.1 Å². The summed E-state index contributed by atoms with van der Waals surface area (Å²) in [5.41, 5.74) is 11.7. The molecule has 1 aliphatic heterocycles. The van der Waals surface area contributed by atoms with Gasteiger partial charge in [-0.05, 0) is 57.4 Å². The van der Waals surface area contributed by atoms with Crippen LogP contribution in [0.15, 0.2) is 35.3 Å². The van der Waals surface area contributed by atoms with E-state index in [-0.39, 0.29) is 63.5 Å². The Hall–Kier alpha value is -6.28. The first kappa shape index (κ1) is 49.9. The minimum atomic E-state index is -1.32. The van der Waals surface area contributed by atoms with Crippen molar-refractivity contribution in [3.8, 4) is 0 Å². The number of aliphatic imine (C=N–C) groups is 1. The fourth-order valence-electron chi connectivity index (χ4n) is 6.03. The van der Waals surface area contributed by atoms with E-state index in [1.165, 1.54) is 20.8 Å². The van der Waals surface area contributed by atoms with Crippen molar-refractivity contribution >= 4 is 59.1 Å². The molecule has 2 unspecified atom stereocenters. The number of rotatable bonds is 18. The molecule has 1 fully saturated rings. The molecular formula is C39H62N12O9. The van der Waals surface area contributed by atoms with Crippen LogP contribution in [0.25, 0.3) is 0 Å². The van der Waals surface area contributed by atoms with Crippen LogP contribution in [-0.2, 0) is 49.6 Å². The van der Waals surface area contributed by atoms with Gasteiger partial charge in [0.05, 0.1) is 6.54 Å². The number of carbonyl (C=O) groups excluding carboxylic acids is 9. The SMILES string of the molecule is CC[C@H](NC(=O)[C@H](C)NC(=O)[C@H](C)NC(C)=O)C(=O)N[C@@H](CCCN=C(N)N)C(=O)NC1CCNC(=O)CNC(=O)[C@H](Cc2ccccc2)NC(=O)C(CC(C)C)NC1=O. The summed E-state index contributed by atoms with van der Waals surface area (Å²) in [6, 6.07) is 0.953. The number of hydrogen-bond donors (Lipinski definition) is 11. The van der Waals surface area contributed by atoms with Crippen LogP contribution < -0.4 is 59.3 Å². The second-order valence-corrected chi connectivity index (χ2v) is 15.0. The van der Waals surface area contributed by atoms with E-state index in [0.717, 1.165) is 5.56 Å². The summed E-state index contributed by atoms with van der Waals surface area (Å²) in [5, 5.41) is 23.3. The molecule has 0 radical (unpaired) electrons. The van der Waals surface area contributed by atoms with Crippen molar-refractivity contribution in [2.24, 2.45) is 22.4 Å². The lowest BCUT2D eigenvalue weighted by Crippen LogP contribution is -2.60. The van der Waals surface area contributed by atoms with E-state index in [9.17, 15) is 43.2 Å². The van der Waals surface area contributed by atoms with E-state index in [4.69, 9.17) is 11.5 Å². The summed E-state index contributed by atoms with van der Waals surface area (Å²) in [6.07, 6.45) is 0.413. The highest BCUT2D eigenvalue weighted by molar-refractivity contribution is 5.98. The normalized spacial score (nSPS) is 19.6. The third-order valence-corrected chi connectivity index (χ3v) is 9.25. The topological polar surface area (TPSA) is 326 Å². The van der Waals surface area contributed by atoms with E-state index in [0.29, 0.717) is 0 Å². The van der Waals surface area contributed by atoms with Crippen molar-refractivity contribution < 1.29 is 43.2 Å². The highest BCUT2D eigenvalue weighted by Gasteiger charge is 2.33. The lowest BCUT2D eigenvalue weighted by Gasteiger charge is -2.28. The van der Waals surface area contributed by atoms with E-state index in [1.807, 2.05) is 13.8 Å². The first-order chi connectivity index (χ1) is 28.3. The quantitative estimate of drug-likeness (QED) is 0.0398. The fraction of sp³-hybridized carbons (Fsp3) is 0.590. The summed E-state index contributed by atoms with van der Waals surface area (Å²) >= 11 is 0. The molecule has 0 aliphatic carbocycles. The third kappa shape index (κ3) is 18.1. The van der Waals surface area contributed by atoms with E-state index >= 15 is 0 Å². The van der Waals surface area contributed by atoms with Gasteiger partial charge in [-0.1, -0.05) is 51.1 Å². The lowest BCUT2D eigenvalue weighted by molar-refractivity contribution is -0.136. The Morgan fingerprint density at radius 3 is 2.00 bits per heavy atom. The molecule has 9 amide bonds. The molecule has 13 N–H and O–H groups in total. The molecule has 60 heavy (non-hydrogen) atoms. The van der Waals surface area contributed by atoms with Crippen molar-refractivity contribution in [2.45, 2.75) is 122 Å². The van der Waals surface area contributed by atoms with Gasteiger partial charge in [-0.2, -0.15) is 0 Å². The Morgan fingerprint density at radius 1 is 0.767 bits per heavy atom. The Bertz CT molecular complexity index is 1700. The zero-order valence-electron chi connectivity index (χ0n) is 35.1. The monoisotopic (exact) mass is 842 g/mol. The van der Waals surface area contributed by atoms with E-state index in [1.54, 1.807) is 37.3 Å². The maximum absolute atomic E-state index is 14.0. The van der Waals surface area contributed by atoms with Crippen molar-refractivity contribution in [3.05, 3.63) is 35.9 Å². The van der Waals surface area contributed by atoms with Crippen molar-refractivity contribution in [3.63, 3.8) is 0 Å². The van der Waals surface area contributed by atoms with Crippen LogP contribution in [0.1, 0.15) is 79.2 Å². The Balaban J connectivity index is 2.33. The van der Waals surface area contributed by atoms with Gasteiger partial charge in [0, 0.05) is 26.4 Å². The molecule has 332 valence electrons. The number of nitrogens with zero attached hydrogens (tertiary/aromatic N) is 1. The first-order valence-electron chi connectivity index (χ1n) is 20.0. The number of guanidine groups is 1. The number of benzene rings is 1. The fourth-order valence-corrected chi connectivity index (χ4v) is 6.03. The van der Waals surface area contributed by atoms with Gasteiger partial charge in [-0.25, -0.2) is 0 Å². The van der Waals surface area contributed by atoms with Crippen LogP contribution in [0.4, 0.5) is 0 Å². The van der Waals surface area contributed by atoms with Gasteiger partial charge in [0.15, 0.2) is 5.96 Å². The molecule has 21 heteroatoms. The predicted molar refractivity (Wildman–Crippen MR) is 221 cm³/mol. The Kier molecular flexibility index (Phi) is 21.0. The third-order valence-electron chi connectivity index (χ3n) is 9.25. The van der Waals surface area contributed by atoms with Gasteiger partial charge in [-0.15, -0.1) is 0 Å². The van der Waals surface area contributed by atoms with Crippen LogP contribution in [0.5, 0.6) is 0 Å². The van der Waals surface area contributed by atoms with Gasteiger partial charge in [0.2, 0.25) is 53.2 Å². The first-order valence-corrected chi connectivity index (χ1v) is 20.0. The Morgan fingerprint density at radius 2 is 1.38 bits per heavy atom. The summed E-state index contributed by atoms with van der Waals surface area (Å²) in [5.74, 6) is -6.17. The van der Waals surface area contributed by atoms with Gasteiger partial charge in [0.1, 0.15) is 42.3 Å². The zero-order chi connectivity index (χ0) is 44.9. The molecule has 2 rings (SSSR count). The number of nitrogens with one attached hydrogen (secondary N) is 9. The molecule has 0 bridgehead atoms. The van der Waals surface area contributed by atoms with Crippen LogP contribution in [0.2, 0.25) is 0 Å². The molecule has 0 saturated carbocycles. The largest absolute Gasteiger partial charge is 0.370 e. The van der Waals surface area contributed by atoms with Gasteiger partial charge < -0.3 is 59.3 Å². The average molecular weight is 843 g/mol. The summed E-state index contributed by atoms with van der Waals surface area (Å²) in [4.78, 5) is 122. The molecule has 7 atom stereocenters. The predicted octanol–water partition coefficient (Wildman–Crippen LogP) is -3.17. The van der Waals surface area contributed by atoms with E-state index in [2.05, 4.69) is 52.8 Å². The van der Waals surface area contributed by atoms with Crippen molar-refractivity contribution in [2.75, 3.05) is 19.6 Å². The standard InChI is InChI=1S/C39H62N12O9/c1-7-26(47-33(55)23(5)46-32(54)22(4)45-24(6)52)35(57)48-27(14-11-16-43-39(40)41)36(58)49-28-15-17-42-31(53)20-44-34(56)30(19-25-12-9-8-10-13-25)51-38(60)29(18-21(2)3)50-37(28)59/h8-10,12-13,21-23,26-30H,7,11,14-20H2,1-6H3,(H,42,53)(H,44,56)(H,45,52)(H,46,54)(H,47,55)(H,48,57)(H,49,58)(H,50,59)(H,51,60)(H4,40,41,43)/t22-,23-,26-,27-,28?,29?,30-/m0/s1. The highest BCUT2D eigenvalue weighted by Crippen LogP contribution is 2.10. The van der Waals surface area contributed by atoms with Crippen molar-refractivity contribution in [1.82, 2.24) is 47.9 Å². The molecule has 1 heterocycles. The minimum absolute atomic E-state index is 0.0157. The lowest BCUT2D eigenvalue weighted by atomic mass is 10.00. The summed E-state index contributed by atoms with van der Waals surface area (Å²) in [7, 11) is 0. The van der Waals surface area contributed by atoms with Crippen LogP contribution in [-0.4, -0.2) is 121 Å². The zero-order valence-corrected chi connectivity index (χ0v) is 35.1. The minimum Gasteiger partial charge on any atom is -0.370 e. The maximum Gasteiger partial charge on any atom is 0.243 e. The molecule has 21 nitrogen and oxygen atoms in total. The number of carbonyl (C=O) groups is 9. The summed E-state index contributed by atoms with van der Waals surface area (Å²) < 4.78 is 0. The van der Waals surface area contributed by atoms with Gasteiger partial charge in [0.25, 0.3) is 0 Å². The molecule has 1 aliphatic rings. The molecule has 0 aromatic heterocycles. The van der Waals surface area contributed by atoms with Gasteiger partial charge >= 0.3 is 0 Å². The highest BCUT2D eigenvalue weighted by atomic mass is 16.2.